The number of ether oxygens (including phenoxy) is 1. The van der Waals surface area contributed by atoms with Gasteiger partial charge in [-0.05, 0) is 74.5 Å². The molecule has 0 saturated carbocycles. The van der Waals surface area contributed by atoms with E-state index in [2.05, 4.69) is 19.6 Å². The van der Waals surface area contributed by atoms with E-state index in [1.165, 1.54) is 12.1 Å². The molecule has 0 radical (unpaired) electrons. The number of carbonyl (C=O) groups excluding carboxylic acids is 1. The first kappa shape index (κ1) is 23.3. The number of sulfonamides is 1. The van der Waals surface area contributed by atoms with Gasteiger partial charge in [0, 0.05) is 17.8 Å². The molecular weight excluding hydrogens is 452 g/mol. The van der Waals surface area contributed by atoms with Gasteiger partial charge in [-0.3, -0.25) is 9.52 Å². The number of carbonyl (C=O) groups is 1. The average Bonchev–Trinajstić information content (AvgIpc) is 3.21. The molecule has 0 unspecified atom stereocenters. The molecule has 9 heteroatoms. The zero-order chi connectivity index (χ0) is 24.1. The number of anilines is 1. The molecule has 0 fully saturated rings. The van der Waals surface area contributed by atoms with Gasteiger partial charge >= 0.3 is 0 Å². The third-order valence-corrected chi connectivity index (χ3v) is 6.70. The lowest BCUT2D eigenvalue weighted by atomic mass is 10.2. The zero-order valence-corrected chi connectivity index (χ0v) is 19.8. The highest BCUT2D eigenvalue weighted by molar-refractivity contribution is 7.92. The third kappa shape index (κ3) is 5.04. The van der Waals surface area contributed by atoms with E-state index in [0.29, 0.717) is 23.6 Å². The number of benzene rings is 3. The van der Waals surface area contributed by atoms with E-state index in [-0.39, 0.29) is 17.3 Å². The van der Waals surface area contributed by atoms with Crippen LogP contribution in [-0.2, 0) is 23.1 Å². The van der Waals surface area contributed by atoms with Gasteiger partial charge in [-0.2, -0.15) is 0 Å². The second-order valence-electron chi connectivity index (χ2n) is 7.53. The predicted octanol–water partition coefficient (Wildman–Crippen LogP) is 4.19. The van der Waals surface area contributed by atoms with Crippen LogP contribution in [0.4, 0.5) is 5.69 Å². The Kier molecular flexibility index (Phi) is 6.83. The van der Waals surface area contributed by atoms with Gasteiger partial charge in [0.15, 0.2) is 0 Å². The fourth-order valence-corrected chi connectivity index (χ4v) is 4.72. The Bertz CT molecular complexity index is 1400. The summed E-state index contributed by atoms with van der Waals surface area (Å²) in [5, 5.41) is 2.89. The second-order valence-corrected chi connectivity index (χ2v) is 9.21. The molecule has 1 heterocycles. The minimum absolute atomic E-state index is 0.122. The predicted molar refractivity (Wildman–Crippen MR) is 131 cm³/mol. The van der Waals surface area contributed by atoms with Gasteiger partial charge in [-0.1, -0.05) is 12.1 Å². The van der Waals surface area contributed by atoms with Crippen molar-refractivity contribution in [2.24, 2.45) is 0 Å². The van der Waals surface area contributed by atoms with E-state index in [0.717, 1.165) is 23.4 Å². The molecule has 0 aliphatic carbocycles. The SMILES string of the molecule is CCOc1ccc(S(=O)(=O)Nc2ccc(C(=O)NCc3nc4ccccc4n3CC)cc2)cc1. The van der Waals surface area contributed by atoms with Gasteiger partial charge in [0.25, 0.3) is 15.9 Å². The molecule has 0 spiro atoms. The normalized spacial score (nSPS) is 11.4. The van der Waals surface area contributed by atoms with Crippen molar-refractivity contribution in [2.45, 2.75) is 31.8 Å². The summed E-state index contributed by atoms with van der Waals surface area (Å²) in [6.45, 7) is 5.43. The Morgan fingerprint density at radius 1 is 0.971 bits per heavy atom. The van der Waals surface area contributed by atoms with E-state index >= 15 is 0 Å². The first-order valence-corrected chi connectivity index (χ1v) is 12.5. The monoisotopic (exact) mass is 478 g/mol. The molecule has 4 aromatic rings. The van der Waals surface area contributed by atoms with Crippen LogP contribution in [0.3, 0.4) is 0 Å². The van der Waals surface area contributed by atoms with E-state index in [4.69, 9.17) is 4.74 Å². The number of imidazole rings is 1. The summed E-state index contributed by atoms with van der Waals surface area (Å²) < 4.78 is 35.2. The summed E-state index contributed by atoms with van der Waals surface area (Å²) in [6, 6.07) is 20.3. The van der Waals surface area contributed by atoms with Gasteiger partial charge in [-0.15, -0.1) is 0 Å². The van der Waals surface area contributed by atoms with Gasteiger partial charge in [0.1, 0.15) is 11.6 Å². The number of rotatable bonds is 9. The lowest BCUT2D eigenvalue weighted by molar-refractivity contribution is 0.0949. The maximum atomic E-state index is 12.6. The number of fused-ring (bicyclic) bond motifs is 1. The molecular formula is C25H26N4O4S. The largest absolute Gasteiger partial charge is 0.494 e. The summed E-state index contributed by atoms with van der Waals surface area (Å²) in [4.78, 5) is 17.4. The molecule has 1 amide bonds. The summed E-state index contributed by atoms with van der Waals surface area (Å²) in [5.41, 5.74) is 2.69. The van der Waals surface area contributed by atoms with Crippen molar-refractivity contribution >= 4 is 32.7 Å². The standard InChI is InChI=1S/C25H26N4O4S/c1-3-29-23-8-6-5-7-22(23)27-24(29)17-26-25(30)18-9-11-19(12-10-18)28-34(31,32)21-15-13-20(14-16-21)33-4-2/h5-16,28H,3-4,17H2,1-2H3,(H,26,30). The fraction of sp³-hybridized carbons (Fsp3) is 0.200. The number of aryl methyl sites for hydroxylation is 1. The van der Waals surface area contributed by atoms with Crippen molar-refractivity contribution in [3.63, 3.8) is 0 Å². The van der Waals surface area contributed by atoms with Crippen LogP contribution in [0.5, 0.6) is 5.75 Å². The summed E-state index contributed by atoms with van der Waals surface area (Å²) >= 11 is 0. The molecule has 8 nitrogen and oxygen atoms in total. The van der Waals surface area contributed by atoms with Crippen LogP contribution in [0.15, 0.2) is 77.7 Å². The van der Waals surface area contributed by atoms with E-state index < -0.39 is 10.0 Å². The lowest BCUT2D eigenvalue weighted by Gasteiger charge is -2.10. The van der Waals surface area contributed by atoms with Crippen LogP contribution < -0.4 is 14.8 Å². The Balaban J connectivity index is 1.41. The number of hydrogen-bond donors (Lipinski definition) is 2. The van der Waals surface area contributed by atoms with Crippen molar-refractivity contribution in [1.29, 1.82) is 0 Å². The molecule has 0 aliphatic rings. The van der Waals surface area contributed by atoms with Crippen molar-refractivity contribution in [3.05, 3.63) is 84.2 Å². The van der Waals surface area contributed by atoms with Crippen molar-refractivity contribution in [1.82, 2.24) is 14.9 Å². The lowest BCUT2D eigenvalue weighted by Crippen LogP contribution is -2.24. The molecule has 1 aromatic heterocycles. The number of aromatic nitrogens is 2. The zero-order valence-electron chi connectivity index (χ0n) is 19.0. The molecule has 3 aromatic carbocycles. The second kappa shape index (κ2) is 9.96. The number of hydrogen-bond acceptors (Lipinski definition) is 5. The molecule has 0 atom stereocenters. The Labute approximate surface area is 198 Å². The highest BCUT2D eigenvalue weighted by atomic mass is 32.2. The van der Waals surface area contributed by atoms with E-state index in [1.807, 2.05) is 38.1 Å². The number of nitrogens with zero attached hydrogens (tertiary/aromatic N) is 2. The van der Waals surface area contributed by atoms with Gasteiger partial charge in [0.05, 0.1) is 29.1 Å². The van der Waals surface area contributed by atoms with Gasteiger partial charge in [0.2, 0.25) is 0 Å². The molecule has 176 valence electrons. The quantitative estimate of drug-likeness (QED) is 0.376. The molecule has 0 saturated heterocycles. The van der Waals surface area contributed by atoms with Crippen LogP contribution >= 0.6 is 0 Å². The highest BCUT2D eigenvalue weighted by Gasteiger charge is 2.15. The minimum Gasteiger partial charge on any atom is -0.494 e. The van der Waals surface area contributed by atoms with Crippen LogP contribution in [0, 0.1) is 0 Å². The maximum Gasteiger partial charge on any atom is 0.261 e. The van der Waals surface area contributed by atoms with E-state index in [9.17, 15) is 13.2 Å². The van der Waals surface area contributed by atoms with Crippen LogP contribution in [0.25, 0.3) is 11.0 Å². The molecule has 0 aliphatic heterocycles. The minimum atomic E-state index is -3.76. The Hall–Kier alpha value is -3.85. The van der Waals surface area contributed by atoms with Crippen molar-refractivity contribution < 1.29 is 17.9 Å². The first-order chi connectivity index (χ1) is 16.4. The smallest absolute Gasteiger partial charge is 0.261 e. The first-order valence-electron chi connectivity index (χ1n) is 11.0. The topological polar surface area (TPSA) is 102 Å². The van der Waals surface area contributed by atoms with Crippen LogP contribution in [-0.4, -0.2) is 30.5 Å². The number of amides is 1. The Morgan fingerprint density at radius 2 is 1.68 bits per heavy atom. The van der Waals surface area contributed by atoms with Crippen molar-refractivity contribution in [2.75, 3.05) is 11.3 Å². The average molecular weight is 479 g/mol. The molecule has 34 heavy (non-hydrogen) atoms. The molecule has 4 rings (SSSR count). The number of para-hydroxylation sites is 2. The van der Waals surface area contributed by atoms with Crippen LogP contribution in [0.1, 0.15) is 30.0 Å². The summed E-state index contributed by atoms with van der Waals surface area (Å²) in [5.74, 6) is 1.11. The summed E-state index contributed by atoms with van der Waals surface area (Å²) in [6.07, 6.45) is 0. The molecule has 2 N–H and O–H groups in total. The van der Waals surface area contributed by atoms with Gasteiger partial charge in [-0.25, -0.2) is 13.4 Å². The highest BCUT2D eigenvalue weighted by Crippen LogP contribution is 2.20. The van der Waals surface area contributed by atoms with Crippen LogP contribution in [0.2, 0.25) is 0 Å². The molecule has 0 bridgehead atoms. The Morgan fingerprint density at radius 3 is 2.35 bits per heavy atom. The third-order valence-electron chi connectivity index (χ3n) is 5.30. The van der Waals surface area contributed by atoms with Gasteiger partial charge < -0.3 is 14.6 Å². The number of nitrogens with one attached hydrogen (secondary N) is 2. The fourth-order valence-electron chi connectivity index (χ4n) is 3.66. The maximum absolute atomic E-state index is 12.6. The summed E-state index contributed by atoms with van der Waals surface area (Å²) in [7, 11) is -3.76. The van der Waals surface area contributed by atoms with E-state index in [1.54, 1.807) is 36.4 Å². The van der Waals surface area contributed by atoms with Crippen molar-refractivity contribution in [3.8, 4) is 5.75 Å².